The maximum atomic E-state index is 9.25. The van der Waals surface area contributed by atoms with E-state index in [-0.39, 0.29) is 0 Å². The highest BCUT2D eigenvalue weighted by atomic mass is 35.5. The van der Waals surface area contributed by atoms with E-state index in [4.69, 9.17) is 28.3 Å². The molecule has 0 fully saturated rings. The molecule has 0 aliphatic heterocycles. The van der Waals surface area contributed by atoms with Gasteiger partial charge in [0.15, 0.2) is 0 Å². The van der Waals surface area contributed by atoms with Gasteiger partial charge < -0.3 is 5.11 Å². The summed E-state index contributed by atoms with van der Waals surface area (Å²) in [5.74, 6) is 0.133. The fourth-order valence-corrected chi connectivity index (χ4v) is 0. The summed E-state index contributed by atoms with van der Waals surface area (Å²) in [4.78, 5) is 9.25. The van der Waals surface area contributed by atoms with Gasteiger partial charge in [0.25, 0.3) is 0 Å². The Morgan fingerprint density at radius 3 is 1.78 bits per heavy atom. The van der Waals surface area contributed by atoms with Crippen LogP contribution in [-0.2, 0) is 4.79 Å². The fourth-order valence-electron chi connectivity index (χ4n) is 0. The molecule has 9 heavy (non-hydrogen) atoms. The SMILES string of the molecule is C=CC(=O)O.ClCCCl. The molecule has 0 saturated carbocycles. The third kappa shape index (κ3) is 33.5. The molecular weight excluding hydrogens is 163 g/mol. The van der Waals surface area contributed by atoms with Crippen molar-refractivity contribution in [1.82, 2.24) is 0 Å². The van der Waals surface area contributed by atoms with E-state index in [2.05, 4.69) is 6.58 Å². The molecule has 0 spiro atoms. The van der Waals surface area contributed by atoms with Crippen LogP contribution in [0.4, 0.5) is 0 Å². The zero-order valence-corrected chi connectivity index (χ0v) is 6.32. The van der Waals surface area contributed by atoms with Crippen LogP contribution in [0, 0.1) is 0 Å². The van der Waals surface area contributed by atoms with E-state index >= 15 is 0 Å². The van der Waals surface area contributed by atoms with Crippen molar-refractivity contribution < 1.29 is 9.90 Å². The first-order chi connectivity index (χ1) is 4.18. The maximum Gasteiger partial charge on any atom is 0.327 e. The van der Waals surface area contributed by atoms with Crippen molar-refractivity contribution in [2.75, 3.05) is 11.8 Å². The average molecular weight is 171 g/mol. The van der Waals surface area contributed by atoms with Gasteiger partial charge in [-0.3, -0.25) is 0 Å². The number of hydrogen-bond acceptors (Lipinski definition) is 1. The summed E-state index contributed by atoms with van der Waals surface area (Å²) in [7, 11) is 0. The number of carboxylic acids is 1. The molecule has 0 amide bonds. The van der Waals surface area contributed by atoms with Gasteiger partial charge in [-0.1, -0.05) is 6.58 Å². The Morgan fingerprint density at radius 2 is 1.78 bits per heavy atom. The van der Waals surface area contributed by atoms with Gasteiger partial charge in [0.05, 0.1) is 0 Å². The van der Waals surface area contributed by atoms with Crippen molar-refractivity contribution in [3.63, 3.8) is 0 Å². The highest BCUT2D eigenvalue weighted by Crippen LogP contribution is 1.75. The van der Waals surface area contributed by atoms with Crippen LogP contribution >= 0.6 is 23.2 Å². The van der Waals surface area contributed by atoms with Crippen LogP contribution in [0.5, 0.6) is 0 Å². The van der Waals surface area contributed by atoms with Crippen LogP contribution in [-0.4, -0.2) is 22.8 Å². The number of carboxylic acid groups (broad SMARTS) is 1. The Kier molecular flexibility index (Phi) is 13.8. The predicted molar refractivity (Wildman–Crippen MR) is 39.3 cm³/mol. The number of carbonyl (C=O) groups is 1. The third-order valence-electron chi connectivity index (χ3n) is 0.246. The minimum absolute atomic E-state index is 0.557. The molecular formula is C5H8Cl2O2. The number of aliphatic carboxylic acids is 1. The molecule has 0 atom stereocenters. The Morgan fingerprint density at radius 1 is 1.56 bits per heavy atom. The minimum Gasteiger partial charge on any atom is -0.478 e. The largest absolute Gasteiger partial charge is 0.478 e. The van der Waals surface area contributed by atoms with Gasteiger partial charge in [0.2, 0.25) is 0 Å². The maximum absolute atomic E-state index is 9.25. The molecule has 0 saturated heterocycles. The quantitative estimate of drug-likeness (QED) is 0.507. The third-order valence-corrected chi connectivity index (χ3v) is 0.817. The predicted octanol–water partition coefficient (Wildman–Crippen LogP) is 1.72. The lowest BCUT2D eigenvalue weighted by molar-refractivity contribution is -0.131. The average Bonchev–Trinajstić information content (AvgIpc) is 1.89. The Balaban J connectivity index is 0. The molecule has 0 aromatic carbocycles. The first-order valence-corrected chi connectivity index (χ1v) is 3.23. The van der Waals surface area contributed by atoms with Crippen molar-refractivity contribution in [2.45, 2.75) is 0 Å². The number of rotatable bonds is 2. The van der Waals surface area contributed by atoms with Crippen LogP contribution < -0.4 is 0 Å². The van der Waals surface area contributed by atoms with E-state index in [1.165, 1.54) is 0 Å². The van der Waals surface area contributed by atoms with Crippen molar-refractivity contribution in [2.24, 2.45) is 0 Å². The number of hydrogen-bond donors (Lipinski definition) is 1. The zero-order chi connectivity index (χ0) is 7.70. The Hall–Kier alpha value is -0.210. The summed E-state index contributed by atoms with van der Waals surface area (Å²) in [6.07, 6.45) is 0.833. The Labute approximate surface area is 64.1 Å². The van der Waals surface area contributed by atoms with Gasteiger partial charge in [0, 0.05) is 17.8 Å². The molecule has 1 N–H and O–H groups in total. The topological polar surface area (TPSA) is 37.3 Å². The first kappa shape index (κ1) is 11.6. The van der Waals surface area contributed by atoms with Gasteiger partial charge in [-0.2, -0.15) is 0 Å². The molecule has 0 aromatic rings. The summed E-state index contributed by atoms with van der Waals surface area (Å²) in [5, 5.41) is 7.60. The first-order valence-electron chi connectivity index (χ1n) is 2.16. The molecule has 54 valence electrons. The molecule has 2 nitrogen and oxygen atoms in total. The van der Waals surface area contributed by atoms with Crippen molar-refractivity contribution in [1.29, 1.82) is 0 Å². The van der Waals surface area contributed by atoms with E-state index in [1.54, 1.807) is 0 Å². The van der Waals surface area contributed by atoms with Crippen molar-refractivity contribution >= 4 is 29.2 Å². The summed E-state index contributed by atoms with van der Waals surface area (Å²) in [5.41, 5.74) is 0. The number of halogens is 2. The molecule has 0 rings (SSSR count). The minimum atomic E-state index is -0.981. The molecule has 0 aromatic heterocycles. The number of alkyl halides is 2. The molecule has 0 unspecified atom stereocenters. The van der Waals surface area contributed by atoms with Gasteiger partial charge in [-0.05, 0) is 0 Å². The van der Waals surface area contributed by atoms with E-state index in [0.717, 1.165) is 6.08 Å². The summed E-state index contributed by atoms with van der Waals surface area (Å²) in [6, 6.07) is 0. The molecule has 0 heterocycles. The second-order valence-corrected chi connectivity index (χ2v) is 1.68. The lowest BCUT2D eigenvalue weighted by Crippen LogP contribution is -1.82. The van der Waals surface area contributed by atoms with E-state index in [0.29, 0.717) is 11.8 Å². The molecule has 0 bridgehead atoms. The highest BCUT2D eigenvalue weighted by molar-refractivity contribution is 6.25. The lowest BCUT2D eigenvalue weighted by atomic mass is 10.7. The second kappa shape index (κ2) is 10.7. The molecule has 0 aliphatic carbocycles. The van der Waals surface area contributed by atoms with Gasteiger partial charge in [0.1, 0.15) is 0 Å². The van der Waals surface area contributed by atoms with E-state index in [9.17, 15) is 4.79 Å². The van der Waals surface area contributed by atoms with Gasteiger partial charge in [-0.15, -0.1) is 23.2 Å². The summed E-state index contributed by atoms with van der Waals surface area (Å²) < 4.78 is 0. The lowest BCUT2D eigenvalue weighted by Gasteiger charge is -1.64. The van der Waals surface area contributed by atoms with Gasteiger partial charge in [-0.25, -0.2) is 4.79 Å². The van der Waals surface area contributed by atoms with Gasteiger partial charge >= 0.3 is 5.97 Å². The summed E-state index contributed by atoms with van der Waals surface area (Å²) in [6.45, 7) is 2.96. The zero-order valence-electron chi connectivity index (χ0n) is 4.81. The fraction of sp³-hybridized carbons (Fsp3) is 0.400. The van der Waals surface area contributed by atoms with Crippen molar-refractivity contribution in [3.05, 3.63) is 12.7 Å². The normalized spacial score (nSPS) is 6.89. The second-order valence-electron chi connectivity index (χ2n) is 0.920. The van der Waals surface area contributed by atoms with Crippen LogP contribution in [0.1, 0.15) is 0 Å². The highest BCUT2D eigenvalue weighted by Gasteiger charge is 1.73. The van der Waals surface area contributed by atoms with Crippen LogP contribution in [0.15, 0.2) is 12.7 Å². The van der Waals surface area contributed by atoms with E-state index < -0.39 is 5.97 Å². The smallest absolute Gasteiger partial charge is 0.327 e. The van der Waals surface area contributed by atoms with Crippen LogP contribution in [0.3, 0.4) is 0 Å². The van der Waals surface area contributed by atoms with E-state index in [1.807, 2.05) is 0 Å². The Bertz CT molecular complexity index is 81.0. The summed E-state index contributed by atoms with van der Waals surface area (Å²) >= 11 is 10.1. The van der Waals surface area contributed by atoms with Crippen molar-refractivity contribution in [3.8, 4) is 0 Å². The molecule has 0 aliphatic rings. The standard InChI is InChI=1S/C3H4O2.C2H4Cl2/c1-2-3(4)5;3-1-2-4/h2H,1H2,(H,4,5);1-2H2. The molecule has 0 radical (unpaired) electrons. The monoisotopic (exact) mass is 170 g/mol. The van der Waals surface area contributed by atoms with Crippen LogP contribution in [0.2, 0.25) is 0 Å². The van der Waals surface area contributed by atoms with Crippen LogP contribution in [0.25, 0.3) is 0 Å². The molecule has 4 heteroatoms.